The van der Waals surface area contributed by atoms with Crippen LogP contribution in [0.1, 0.15) is 6.92 Å². The first-order valence-electron chi connectivity index (χ1n) is 3.45. The van der Waals surface area contributed by atoms with Gasteiger partial charge in [0.2, 0.25) is 0 Å². The first-order chi connectivity index (χ1) is 4.02. The first kappa shape index (κ1) is 7.42. The van der Waals surface area contributed by atoms with Gasteiger partial charge in [0.25, 0.3) is 0 Å². The molecule has 1 nitrogen and oxygen atoms in total. The van der Waals surface area contributed by atoms with Crippen LogP contribution in [0.3, 0.4) is 0 Å². The van der Waals surface area contributed by atoms with Crippen molar-refractivity contribution in [1.29, 1.82) is 0 Å². The van der Waals surface area contributed by atoms with Crippen molar-refractivity contribution in [2.75, 3.05) is 31.9 Å². The van der Waals surface area contributed by atoms with Crippen molar-refractivity contribution < 1.29 is 0 Å². The second-order valence-corrected chi connectivity index (χ2v) is 7.48. The minimum Gasteiger partial charge on any atom is -0.271 e. The lowest BCUT2D eigenvalue weighted by Gasteiger charge is -2.33. The molecule has 56 valence electrons. The van der Waals surface area contributed by atoms with Crippen LogP contribution in [0, 0.1) is 5.92 Å². The van der Waals surface area contributed by atoms with Crippen LogP contribution in [0.4, 0.5) is 0 Å². The molecule has 1 atom stereocenters. The smallest absolute Gasteiger partial charge is 0.0104 e. The fourth-order valence-corrected chi connectivity index (χ4v) is 3.93. The predicted octanol–water partition coefficient (Wildman–Crippen LogP) is 1.55. The molecular formula is C7H17NS. The maximum absolute atomic E-state index is 2.53. The van der Waals surface area contributed by atoms with Crippen molar-refractivity contribution in [1.82, 2.24) is 4.31 Å². The van der Waals surface area contributed by atoms with Gasteiger partial charge in [-0.25, -0.2) is 0 Å². The molecule has 1 fully saturated rings. The summed E-state index contributed by atoms with van der Waals surface area (Å²) >= 11 is 0. The van der Waals surface area contributed by atoms with E-state index in [1.54, 1.807) is 0 Å². The molecule has 1 aliphatic rings. The van der Waals surface area contributed by atoms with Crippen molar-refractivity contribution >= 4 is 10.2 Å². The van der Waals surface area contributed by atoms with Crippen LogP contribution >= 0.6 is 10.2 Å². The highest BCUT2D eigenvalue weighted by molar-refractivity contribution is 8.30. The van der Waals surface area contributed by atoms with Gasteiger partial charge in [0.15, 0.2) is 0 Å². The number of hydrogen-bond acceptors (Lipinski definition) is 1. The van der Waals surface area contributed by atoms with Gasteiger partial charge in [-0.3, -0.25) is 4.31 Å². The molecule has 0 amide bonds. The lowest BCUT2D eigenvalue weighted by Crippen LogP contribution is -2.15. The van der Waals surface area contributed by atoms with E-state index in [4.69, 9.17) is 0 Å². The largest absolute Gasteiger partial charge is 0.271 e. The summed E-state index contributed by atoms with van der Waals surface area (Å²) in [5.41, 5.74) is 0. The Balaban J connectivity index is 2.58. The van der Waals surface area contributed by atoms with Crippen LogP contribution in [0.5, 0.6) is 0 Å². The minimum absolute atomic E-state index is 0.341. The van der Waals surface area contributed by atoms with Crippen molar-refractivity contribution in [3.63, 3.8) is 0 Å². The summed E-state index contributed by atoms with van der Waals surface area (Å²) < 4.78 is 2.53. The Bertz CT molecular complexity index is 111. The van der Waals surface area contributed by atoms with Gasteiger partial charge >= 0.3 is 0 Å². The summed E-state index contributed by atoms with van der Waals surface area (Å²) in [4.78, 5) is 0. The Labute approximate surface area is 59.9 Å². The highest BCUT2D eigenvalue weighted by atomic mass is 32.3. The molecule has 0 aliphatic carbocycles. The van der Waals surface area contributed by atoms with E-state index in [1.807, 2.05) is 0 Å². The summed E-state index contributed by atoms with van der Waals surface area (Å²) in [5, 5.41) is 0. The minimum atomic E-state index is -0.341. The molecule has 1 aliphatic heterocycles. The molecule has 0 aromatic carbocycles. The molecule has 0 aromatic heterocycles. The van der Waals surface area contributed by atoms with Gasteiger partial charge in [0, 0.05) is 6.54 Å². The predicted molar refractivity (Wildman–Crippen MR) is 46.1 cm³/mol. The summed E-state index contributed by atoms with van der Waals surface area (Å²) in [5.74, 6) is 2.36. The zero-order chi connectivity index (χ0) is 7.07. The van der Waals surface area contributed by atoms with Gasteiger partial charge < -0.3 is 0 Å². The maximum Gasteiger partial charge on any atom is 0.0104 e. The first-order valence-corrected chi connectivity index (χ1v) is 6.02. The van der Waals surface area contributed by atoms with E-state index < -0.39 is 0 Å². The Hall–Kier alpha value is 0.310. The van der Waals surface area contributed by atoms with Crippen LogP contribution < -0.4 is 0 Å². The van der Waals surface area contributed by atoms with Crippen molar-refractivity contribution in [2.45, 2.75) is 6.92 Å². The lowest BCUT2D eigenvalue weighted by atomic mass is 10.2. The monoisotopic (exact) mass is 147 g/mol. The summed E-state index contributed by atoms with van der Waals surface area (Å²) in [7, 11) is 1.91. The standard InChI is InChI=1S/C7H17NS/c1-7-5-8(2)9(3,4)6-7/h7H,5-6H2,1-4H3. The average molecular weight is 147 g/mol. The topological polar surface area (TPSA) is 3.24 Å². The molecule has 0 radical (unpaired) electrons. The van der Waals surface area contributed by atoms with Crippen molar-refractivity contribution in [2.24, 2.45) is 5.92 Å². The number of rotatable bonds is 0. The van der Waals surface area contributed by atoms with Gasteiger partial charge in [0.05, 0.1) is 0 Å². The normalized spacial score (nSPS) is 38.9. The third kappa shape index (κ3) is 1.41. The van der Waals surface area contributed by atoms with Crippen LogP contribution in [0.2, 0.25) is 0 Å². The maximum atomic E-state index is 2.53. The van der Waals surface area contributed by atoms with Crippen LogP contribution in [-0.2, 0) is 0 Å². The third-order valence-electron chi connectivity index (χ3n) is 2.10. The molecule has 1 saturated heterocycles. The van der Waals surface area contributed by atoms with Gasteiger partial charge in [0.1, 0.15) is 0 Å². The van der Waals surface area contributed by atoms with Crippen LogP contribution in [0.15, 0.2) is 0 Å². The molecular weight excluding hydrogens is 130 g/mol. The molecule has 1 heterocycles. The molecule has 0 aromatic rings. The fraction of sp³-hybridized carbons (Fsp3) is 1.00. The van der Waals surface area contributed by atoms with Crippen LogP contribution in [-0.4, -0.2) is 36.2 Å². The molecule has 0 bridgehead atoms. The molecule has 0 N–H and O–H groups in total. The molecule has 9 heavy (non-hydrogen) atoms. The molecule has 2 heteroatoms. The Morgan fingerprint density at radius 3 is 2.11 bits per heavy atom. The summed E-state index contributed by atoms with van der Waals surface area (Å²) in [6, 6.07) is 0. The van der Waals surface area contributed by atoms with Crippen molar-refractivity contribution in [3.05, 3.63) is 0 Å². The van der Waals surface area contributed by atoms with Gasteiger partial charge in [-0.15, -0.1) is 0 Å². The van der Waals surface area contributed by atoms with E-state index in [1.165, 1.54) is 12.3 Å². The Morgan fingerprint density at radius 1 is 1.44 bits per heavy atom. The van der Waals surface area contributed by atoms with E-state index in [0.717, 1.165) is 5.92 Å². The quantitative estimate of drug-likeness (QED) is 0.502. The average Bonchev–Trinajstić information content (AvgIpc) is 1.79. The summed E-state index contributed by atoms with van der Waals surface area (Å²) in [6.07, 6.45) is 4.80. The van der Waals surface area contributed by atoms with Gasteiger partial charge in [-0.2, -0.15) is 10.2 Å². The third-order valence-corrected chi connectivity index (χ3v) is 5.33. The molecule has 1 rings (SSSR count). The number of nitrogens with zero attached hydrogens (tertiary/aromatic N) is 1. The Morgan fingerprint density at radius 2 is 2.00 bits per heavy atom. The van der Waals surface area contributed by atoms with Gasteiger partial charge in [-0.05, 0) is 31.2 Å². The lowest BCUT2D eigenvalue weighted by molar-refractivity contribution is 0.507. The second kappa shape index (κ2) is 2.17. The highest BCUT2D eigenvalue weighted by Gasteiger charge is 2.28. The zero-order valence-electron chi connectivity index (χ0n) is 6.85. The van der Waals surface area contributed by atoms with Gasteiger partial charge in [-0.1, -0.05) is 6.92 Å². The molecule has 1 unspecified atom stereocenters. The van der Waals surface area contributed by atoms with E-state index in [-0.39, 0.29) is 10.2 Å². The van der Waals surface area contributed by atoms with Crippen molar-refractivity contribution in [3.8, 4) is 0 Å². The molecule has 0 spiro atoms. The highest BCUT2D eigenvalue weighted by Crippen LogP contribution is 2.49. The summed E-state index contributed by atoms with van der Waals surface area (Å²) in [6.45, 7) is 3.65. The van der Waals surface area contributed by atoms with E-state index in [2.05, 4.69) is 30.8 Å². The van der Waals surface area contributed by atoms with Crippen LogP contribution in [0.25, 0.3) is 0 Å². The second-order valence-electron chi connectivity index (χ2n) is 3.56. The van der Waals surface area contributed by atoms with E-state index in [9.17, 15) is 0 Å². The number of hydrogen-bond donors (Lipinski definition) is 0. The SMILES string of the molecule is CC1CN(C)S(C)(C)C1. The Kier molecular flexibility index (Phi) is 1.79. The molecule has 0 saturated carbocycles. The van der Waals surface area contributed by atoms with E-state index >= 15 is 0 Å². The zero-order valence-corrected chi connectivity index (χ0v) is 7.66. The fourth-order valence-electron chi connectivity index (χ4n) is 1.52. The van der Waals surface area contributed by atoms with E-state index in [0.29, 0.717) is 0 Å².